The number of fused-ring (bicyclic) bond motifs is 1. The molecule has 6 unspecified atom stereocenters. The smallest absolute Gasteiger partial charge is 0.326 e. The Morgan fingerprint density at radius 2 is 1.33 bits per heavy atom. The van der Waals surface area contributed by atoms with Gasteiger partial charge in [0.2, 0.25) is 17.7 Å². The van der Waals surface area contributed by atoms with E-state index in [-0.39, 0.29) is 18.3 Å². The molecule has 0 fully saturated rings. The first-order valence-corrected chi connectivity index (χ1v) is 14.5. The van der Waals surface area contributed by atoms with E-state index < -0.39 is 47.9 Å². The highest BCUT2D eigenvalue weighted by atomic mass is 16.4. The maximum atomic E-state index is 13.6. The number of aliphatic carboxylic acids is 1. The van der Waals surface area contributed by atoms with Gasteiger partial charge in [0.25, 0.3) is 0 Å². The number of aromatic nitrogens is 1. The van der Waals surface area contributed by atoms with Crippen molar-refractivity contribution in [1.29, 1.82) is 0 Å². The maximum Gasteiger partial charge on any atom is 0.326 e. The fourth-order valence-corrected chi connectivity index (χ4v) is 4.85. The predicted octanol–water partition coefficient (Wildman–Crippen LogP) is 2.91. The minimum Gasteiger partial charge on any atom is -0.480 e. The molecular formula is C32H43N5O5. The summed E-state index contributed by atoms with van der Waals surface area (Å²) in [5.74, 6) is -3.31. The van der Waals surface area contributed by atoms with Crippen LogP contribution in [0.4, 0.5) is 0 Å². The van der Waals surface area contributed by atoms with Gasteiger partial charge >= 0.3 is 5.97 Å². The fourth-order valence-electron chi connectivity index (χ4n) is 4.85. The number of hydrogen-bond donors (Lipinski definition) is 6. The molecule has 0 aliphatic carbocycles. The lowest BCUT2D eigenvalue weighted by molar-refractivity contribution is -0.142. The van der Waals surface area contributed by atoms with Crippen molar-refractivity contribution in [1.82, 2.24) is 20.9 Å². The lowest BCUT2D eigenvalue weighted by Gasteiger charge is -2.30. The van der Waals surface area contributed by atoms with Crippen LogP contribution < -0.4 is 21.7 Å². The molecule has 0 spiro atoms. The molecule has 2 aromatic carbocycles. The van der Waals surface area contributed by atoms with E-state index in [1.807, 2.05) is 82.3 Å². The first-order valence-electron chi connectivity index (χ1n) is 14.5. The van der Waals surface area contributed by atoms with Crippen molar-refractivity contribution in [2.45, 2.75) is 77.5 Å². The van der Waals surface area contributed by atoms with Gasteiger partial charge in [-0.25, -0.2) is 4.79 Å². The molecule has 3 aromatic rings. The van der Waals surface area contributed by atoms with Crippen LogP contribution in [-0.2, 0) is 32.0 Å². The highest BCUT2D eigenvalue weighted by Gasteiger charge is 2.34. The Balaban J connectivity index is 1.73. The van der Waals surface area contributed by atoms with Crippen molar-refractivity contribution in [3.8, 4) is 0 Å². The van der Waals surface area contributed by atoms with Gasteiger partial charge in [-0.3, -0.25) is 14.4 Å². The second kappa shape index (κ2) is 15.2. The summed E-state index contributed by atoms with van der Waals surface area (Å²) in [5.41, 5.74) is 8.70. The lowest BCUT2D eigenvalue weighted by Crippen LogP contribution is -2.60. The molecule has 0 aliphatic heterocycles. The zero-order chi connectivity index (χ0) is 30.8. The highest BCUT2D eigenvalue weighted by Crippen LogP contribution is 2.20. The Morgan fingerprint density at radius 1 is 0.786 bits per heavy atom. The SMILES string of the molecule is CCC(C)C(NC(=O)C(N)Cc1ccccc1)C(=O)NC(C(=O)NC(Cc1c[nH]c2ccccc12)C(=O)O)C(C)CC. The largest absolute Gasteiger partial charge is 0.480 e. The number of carbonyl (C=O) groups is 4. The minimum atomic E-state index is -1.21. The number of para-hydroxylation sites is 1. The second-order valence-electron chi connectivity index (χ2n) is 11.0. The quantitative estimate of drug-likeness (QED) is 0.162. The molecule has 7 N–H and O–H groups in total. The molecule has 10 nitrogen and oxygen atoms in total. The monoisotopic (exact) mass is 577 g/mol. The van der Waals surface area contributed by atoms with Gasteiger partial charge < -0.3 is 31.8 Å². The van der Waals surface area contributed by atoms with Crippen molar-refractivity contribution in [3.63, 3.8) is 0 Å². The molecule has 1 aromatic heterocycles. The van der Waals surface area contributed by atoms with Crippen molar-refractivity contribution in [3.05, 3.63) is 71.9 Å². The molecule has 226 valence electrons. The Hall–Kier alpha value is -4.18. The van der Waals surface area contributed by atoms with Crippen LogP contribution in [0.25, 0.3) is 10.9 Å². The van der Waals surface area contributed by atoms with Crippen LogP contribution in [0, 0.1) is 11.8 Å². The fraction of sp³-hybridized carbons (Fsp3) is 0.438. The number of hydrogen-bond acceptors (Lipinski definition) is 5. The van der Waals surface area contributed by atoms with Crippen molar-refractivity contribution in [2.24, 2.45) is 17.6 Å². The average Bonchev–Trinajstić information content (AvgIpc) is 3.40. The molecule has 3 rings (SSSR count). The number of nitrogens with two attached hydrogens (primary N) is 1. The van der Waals surface area contributed by atoms with Crippen LogP contribution in [0.5, 0.6) is 0 Å². The number of nitrogens with one attached hydrogen (secondary N) is 4. The average molecular weight is 578 g/mol. The minimum absolute atomic E-state index is 0.0666. The van der Waals surface area contributed by atoms with Gasteiger partial charge in [0, 0.05) is 23.5 Å². The van der Waals surface area contributed by atoms with Gasteiger partial charge in [0.15, 0.2) is 0 Å². The van der Waals surface area contributed by atoms with Crippen LogP contribution in [0.1, 0.15) is 51.7 Å². The summed E-state index contributed by atoms with van der Waals surface area (Å²) in [4.78, 5) is 55.3. The Kier molecular flexibility index (Phi) is 11.7. The number of rotatable bonds is 15. The molecular weight excluding hydrogens is 534 g/mol. The molecule has 0 radical (unpaired) electrons. The third-order valence-corrected chi connectivity index (χ3v) is 7.94. The maximum absolute atomic E-state index is 13.6. The summed E-state index contributed by atoms with van der Waals surface area (Å²) < 4.78 is 0. The molecule has 10 heteroatoms. The number of H-pyrrole nitrogens is 1. The van der Waals surface area contributed by atoms with Crippen molar-refractivity contribution < 1.29 is 24.3 Å². The molecule has 6 atom stereocenters. The predicted molar refractivity (Wildman–Crippen MR) is 162 cm³/mol. The standard InChI is InChI=1S/C32H43N5O5/c1-5-19(3)27(30(39)35-26(32(41)42)17-22-18-34-25-15-11-10-14-23(22)25)37-31(40)28(20(4)6-2)36-29(38)24(33)16-21-12-8-7-9-13-21/h7-15,18-20,24,26-28,34H,5-6,16-17,33H2,1-4H3,(H,35,39)(H,36,38)(H,37,40)(H,41,42). The zero-order valence-corrected chi connectivity index (χ0v) is 24.7. The zero-order valence-electron chi connectivity index (χ0n) is 24.7. The van der Waals surface area contributed by atoms with Gasteiger partial charge in [-0.2, -0.15) is 0 Å². The Morgan fingerprint density at radius 3 is 1.93 bits per heavy atom. The first-order chi connectivity index (χ1) is 20.0. The summed E-state index contributed by atoms with van der Waals surface area (Å²) in [6, 6.07) is 12.9. The van der Waals surface area contributed by atoms with E-state index >= 15 is 0 Å². The van der Waals surface area contributed by atoms with E-state index in [1.165, 1.54) is 0 Å². The molecule has 0 saturated carbocycles. The van der Waals surface area contributed by atoms with Crippen LogP contribution in [-0.4, -0.2) is 57.9 Å². The summed E-state index contributed by atoms with van der Waals surface area (Å²) in [7, 11) is 0. The summed E-state index contributed by atoms with van der Waals surface area (Å²) >= 11 is 0. The molecule has 3 amide bonds. The van der Waals surface area contributed by atoms with Gasteiger partial charge in [-0.15, -0.1) is 0 Å². The number of carbonyl (C=O) groups excluding carboxylic acids is 3. The number of carboxylic acids is 1. The number of amides is 3. The summed E-state index contributed by atoms with van der Waals surface area (Å²) in [6.07, 6.45) is 3.27. The van der Waals surface area contributed by atoms with Crippen molar-refractivity contribution >= 4 is 34.6 Å². The Labute approximate surface area is 246 Å². The van der Waals surface area contributed by atoms with Crippen LogP contribution >= 0.6 is 0 Å². The third kappa shape index (κ3) is 8.42. The van der Waals surface area contributed by atoms with Crippen molar-refractivity contribution in [2.75, 3.05) is 0 Å². The normalized spacial score (nSPS) is 15.5. The summed E-state index contributed by atoms with van der Waals surface area (Å²) in [5, 5.41) is 19.0. The molecule has 0 aliphatic rings. The lowest BCUT2D eigenvalue weighted by atomic mass is 9.94. The van der Waals surface area contributed by atoms with Crippen LogP contribution in [0.3, 0.4) is 0 Å². The van der Waals surface area contributed by atoms with Crippen LogP contribution in [0.2, 0.25) is 0 Å². The Bertz CT molecular complexity index is 1360. The number of carboxylic acid groups (broad SMARTS) is 1. The van der Waals surface area contributed by atoms with Gasteiger partial charge in [0.1, 0.15) is 18.1 Å². The topological polar surface area (TPSA) is 166 Å². The molecule has 0 saturated heterocycles. The van der Waals surface area contributed by atoms with E-state index in [4.69, 9.17) is 5.73 Å². The number of aromatic amines is 1. The van der Waals surface area contributed by atoms with E-state index in [0.29, 0.717) is 19.3 Å². The second-order valence-corrected chi connectivity index (χ2v) is 11.0. The van der Waals surface area contributed by atoms with Gasteiger partial charge in [-0.05, 0) is 35.4 Å². The number of benzene rings is 2. The molecule has 42 heavy (non-hydrogen) atoms. The van der Waals surface area contributed by atoms with E-state index in [0.717, 1.165) is 22.0 Å². The van der Waals surface area contributed by atoms with E-state index in [2.05, 4.69) is 20.9 Å². The van der Waals surface area contributed by atoms with Crippen LogP contribution in [0.15, 0.2) is 60.8 Å². The molecule has 1 heterocycles. The van der Waals surface area contributed by atoms with Gasteiger partial charge in [-0.1, -0.05) is 89.1 Å². The molecule has 0 bridgehead atoms. The van der Waals surface area contributed by atoms with E-state index in [9.17, 15) is 24.3 Å². The third-order valence-electron chi connectivity index (χ3n) is 7.94. The first kappa shape index (κ1) is 32.3. The van der Waals surface area contributed by atoms with Gasteiger partial charge in [0.05, 0.1) is 6.04 Å². The summed E-state index contributed by atoms with van der Waals surface area (Å²) in [6.45, 7) is 7.44. The highest BCUT2D eigenvalue weighted by molar-refractivity contribution is 5.94. The van der Waals surface area contributed by atoms with E-state index in [1.54, 1.807) is 6.20 Å².